The minimum absolute atomic E-state index is 0.181. The Morgan fingerprint density at radius 1 is 1.00 bits per heavy atom. The second kappa shape index (κ2) is 7.89. The van der Waals surface area contributed by atoms with Gasteiger partial charge in [0.1, 0.15) is 5.75 Å². The molecule has 0 atom stereocenters. The monoisotopic (exact) mass is 369 g/mol. The molecule has 3 aromatic carbocycles. The van der Waals surface area contributed by atoms with Crippen LogP contribution >= 0.6 is 11.6 Å². The predicted octanol–water partition coefficient (Wildman–Crippen LogP) is 3.89. The summed E-state index contributed by atoms with van der Waals surface area (Å²) in [6, 6.07) is 18.0. The Labute approximate surface area is 155 Å². The Balaban J connectivity index is 1.89. The molecule has 0 aromatic heterocycles. The van der Waals surface area contributed by atoms with Gasteiger partial charge in [0.05, 0.1) is 10.6 Å². The molecule has 0 aliphatic rings. The van der Waals surface area contributed by atoms with Gasteiger partial charge in [-0.15, -0.1) is 0 Å². The van der Waals surface area contributed by atoms with Crippen LogP contribution in [0.5, 0.6) is 5.75 Å². The van der Waals surface area contributed by atoms with E-state index < -0.39 is 12.6 Å². The summed E-state index contributed by atoms with van der Waals surface area (Å²) in [5, 5.41) is 13.9. The van der Waals surface area contributed by atoms with E-state index in [0.717, 1.165) is 10.8 Å². The minimum Gasteiger partial charge on any atom is -0.482 e. The molecule has 3 aromatic rings. The second-order valence-corrected chi connectivity index (χ2v) is 6.02. The molecule has 0 radical (unpaired) electrons. The first-order valence-corrected chi connectivity index (χ1v) is 8.32. The third-order valence-corrected chi connectivity index (χ3v) is 4.22. The topological polar surface area (TPSA) is 75.6 Å². The number of halogens is 1. The highest BCUT2D eigenvalue weighted by Gasteiger charge is 2.14. The Morgan fingerprint density at radius 2 is 1.73 bits per heavy atom. The van der Waals surface area contributed by atoms with Gasteiger partial charge in [-0.3, -0.25) is 4.79 Å². The van der Waals surface area contributed by atoms with Crippen molar-refractivity contribution in [2.24, 2.45) is 0 Å². The molecule has 5 nitrogen and oxygen atoms in total. The van der Waals surface area contributed by atoms with Crippen LogP contribution < -0.4 is 10.1 Å². The maximum Gasteiger partial charge on any atom is 0.341 e. The molecule has 1 amide bonds. The fourth-order valence-corrected chi connectivity index (χ4v) is 2.90. The molecule has 2 N–H and O–H groups in total. The molecule has 0 bridgehead atoms. The molecule has 3 rings (SSSR count). The van der Waals surface area contributed by atoms with Gasteiger partial charge >= 0.3 is 5.97 Å². The normalized spacial score (nSPS) is 10.5. The summed E-state index contributed by atoms with van der Waals surface area (Å²) in [5.41, 5.74) is 1.09. The molecule has 0 saturated carbocycles. The predicted molar refractivity (Wildman–Crippen MR) is 99.7 cm³/mol. The summed E-state index contributed by atoms with van der Waals surface area (Å²) >= 11 is 6.06. The average Bonchev–Trinajstić information content (AvgIpc) is 2.64. The van der Waals surface area contributed by atoms with Crippen LogP contribution in [0.2, 0.25) is 5.02 Å². The zero-order valence-electron chi connectivity index (χ0n) is 13.7. The van der Waals surface area contributed by atoms with E-state index >= 15 is 0 Å². The van der Waals surface area contributed by atoms with Crippen molar-refractivity contribution in [3.8, 4) is 5.75 Å². The van der Waals surface area contributed by atoms with Gasteiger partial charge in [-0.05, 0) is 29.0 Å². The van der Waals surface area contributed by atoms with Crippen LogP contribution in [-0.4, -0.2) is 23.6 Å². The number of carbonyl (C=O) groups excluding carboxylic acids is 1. The van der Waals surface area contributed by atoms with Gasteiger partial charge in [0.2, 0.25) is 0 Å². The highest BCUT2D eigenvalue weighted by atomic mass is 35.5. The number of hydrogen-bond donors (Lipinski definition) is 2. The van der Waals surface area contributed by atoms with Crippen molar-refractivity contribution in [1.82, 2.24) is 5.32 Å². The van der Waals surface area contributed by atoms with Crippen molar-refractivity contribution in [3.63, 3.8) is 0 Å². The molecular formula is C20H16ClNO4. The number of carboxylic acids is 1. The highest BCUT2D eigenvalue weighted by Crippen LogP contribution is 2.28. The van der Waals surface area contributed by atoms with E-state index in [9.17, 15) is 9.59 Å². The zero-order valence-corrected chi connectivity index (χ0v) is 14.5. The first kappa shape index (κ1) is 17.8. The molecule has 0 heterocycles. The number of carboxylic acid groups (broad SMARTS) is 1. The second-order valence-electron chi connectivity index (χ2n) is 5.61. The average molecular weight is 370 g/mol. The summed E-state index contributed by atoms with van der Waals surface area (Å²) in [5.74, 6) is -0.956. The number of fused-ring (bicyclic) bond motifs is 1. The molecular weight excluding hydrogens is 354 g/mol. The van der Waals surface area contributed by atoms with Crippen molar-refractivity contribution in [2.45, 2.75) is 6.54 Å². The molecule has 0 fully saturated rings. The van der Waals surface area contributed by atoms with Crippen LogP contribution in [0.15, 0.2) is 60.7 Å². The van der Waals surface area contributed by atoms with E-state index in [2.05, 4.69) is 5.32 Å². The molecule has 132 valence electrons. The molecule has 6 heteroatoms. The van der Waals surface area contributed by atoms with Gasteiger partial charge < -0.3 is 15.2 Å². The first-order valence-electron chi connectivity index (χ1n) is 7.94. The van der Waals surface area contributed by atoms with Crippen molar-refractivity contribution in [1.29, 1.82) is 0 Å². The van der Waals surface area contributed by atoms with E-state index in [1.165, 1.54) is 0 Å². The van der Waals surface area contributed by atoms with Gasteiger partial charge in [0.15, 0.2) is 6.61 Å². The van der Waals surface area contributed by atoms with Crippen molar-refractivity contribution < 1.29 is 19.4 Å². The van der Waals surface area contributed by atoms with E-state index in [1.54, 1.807) is 30.3 Å². The lowest BCUT2D eigenvalue weighted by Crippen LogP contribution is -2.24. The summed E-state index contributed by atoms with van der Waals surface area (Å²) in [6.45, 7) is -0.274. The lowest BCUT2D eigenvalue weighted by Gasteiger charge is -2.14. The Hall–Kier alpha value is -3.05. The van der Waals surface area contributed by atoms with Crippen LogP contribution in [0, 0.1) is 0 Å². The van der Waals surface area contributed by atoms with Gasteiger partial charge in [0, 0.05) is 12.1 Å². The Kier molecular flexibility index (Phi) is 5.39. The SMILES string of the molecule is O=C(O)COc1ccc2ccccc2c1CNC(=O)c1ccccc1Cl. The van der Waals surface area contributed by atoms with Crippen molar-refractivity contribution >= 4 is 34.2 Å². The highest BCUT2D eigenvalue weighted by molar-refractivity contribution is 6.33. The molecule has 0 spiro atoms. The molecule has 0 unspecified atom stereocenters. The van der Waals surface area contributed by atoms with Gasteiger partial charge in [-0.25, -0.2) is 4.79 Å². The van der Waals surface area contributed by atoms with Crippen molar-refractivity contribution in [2.75, 3.05) is 6.61 Å². The number of benzene rings is 3. The fourth-order valence-electron chi connectivity index (χ4n) is 2.68. The Morgan fingerprint density at radius 3 is 2.50 bits per heavy atom. The summed E-state index contributed by atoms with van der Waals surface area (Å²) in [4.78, 5) is 23.2. The minimum atomic E-state index is -1.07. The van der Waals surface area contributed by atoms with E-state index in [1.807, 2.05) is 30.3 Å². The number of amides is 1. The lowest BCUT2D eigenvalue weighted by atomic mass is 10.0. The van der Waals surface area contributed by atoms with Gasteiger partial charge in [-0.2, -0.15) is 0 Å². The van der Waals surface area contributed by atoms with E-state index in [-0.39, 0.29) is 12.5 Å². The third kappa shape index (κ3) is 3.95. The van der Waals surface area contributed by atoms with E-state index in [4.69, 9.17) is 21.4 Å². The maximum atomic E-state index is 12.4. The summed E-state index contributed by atoms with van der Waals surface area (Å²) < 4.78 is 5.39. The number of hydrogen-bond acceptors (Lipinski definition) is 3. The first-order chi connectivity index (χ1) is 12.6. The molecule has 26 heavy (non-hydrogen) atoms. The van der Waals surface area contributed by atoms with Crippen LogP contribution in [0.3, 0.4) is 0 Å². The number of aliphatic carboxylic acids is 1. The fraction of sp³-hybridized carbons (Fsp3) is 0.100. The largest absolute Gasteiger partial charge is 0.482 e. The van der Waals surface area contributed by atoms with Crippen molar-refractivity contribution in [3.05, 3.63) is 76.8 Å². The number of ether oxygens (including phenoxy) is 1. The van der Waals surface area contributed by atoms with Crippen LogP contribution in [0.4, 0.5) is 0 Å². The van der Waals surface area contributed by atoms with Crippen LogP contribution in [0.1, 0.15) is 15.9 Å². The molecule has 0 aliphatic heterocycles. The summed E-state index contributed by atoms with van der Waals surface area (Å²) in [6.07, 6.45) is 0. The van der Waals surface area contributed by atoms with Gasteiger partial charge in [0.25, 0.3) is 5.91 Å². The van der Waals surface area contributed by atoms with Crippen LogP contribution in [0.25, 0.3) is 10.8 Å². The quantitative estimate of drug-likeness (QED) is 0.691. The number of carbonyl (C=O) groups is 2. The number of nitrogens with one attached hydrogen (secondary N) is 1. The third-order valence-electron chi connectivity index (χ3n) is 3.89. The van der Waals surface area contributed by atoms with E-state index in [0.29, 0.717) is 21.9 Å². The zero-order chi connectivity index (χ0) is 18.5. The Bertz CT molecular complexity index is 971. The van der Waals surface area contributed by atoms with Crippen LogP contribution in [-0.2, 0) is 11.3 Å². The van der Waals surface area contributed by atoms with Gasteiger partial charge in [-0.1, -0.05) is 54.1 Å². The molecule has 0 saturated heterocycles. The lowest BCUT2D eigenvalue weighted by molar-refractivity contribution is -0.139. The number of rotatable bonds is 6. The smallest absolute Gasteiger partial charge is 0.341 e. The molecule has 0 aliphatic carbocycles. The summed E-state index contributed by atoms with van der Waals surface area (Å²) in [7, 11) is 0. The standard InChI is InChI=1S/C20H16ClNO4/c21-17-8-4-3-7-15(17)20(25)22-11-16-14-6-2-1-5-13(14)9-10-18(16)26-12-19(23)24/h1-10H,11-12H2,(H,22,25)(H,23,24). The maximum absolute atomic E-state index is 12.4.